The normalized spacial score (nSPS) is 12.8. The van der Waals surface area contributed by atoms with E-state index in [-0.39, 0.29) is 0 Å². The van der Waals surface area contributed by atoms with Crippen molar-refractivity contribution in [3.8, 4) is 0 Å². The molecule has 0 heterocycles. The Labute approximate surface area is 138 Å². The predicted octanol–water partition coefficient (Wildman–Crippen LogP) is 6.74. The Morgan fingerprint density at radius 2 is 1.55 bits per heavy atom. The molecule has 1 atom stereocenters. The van der Waals surface area contributed by atoms with Gasteiger partial charge in [0.1, 0.15) is 0 Å². The van der Waals surface area contributed by atoms with Gasteiger partial charge in [-0.15, -0.1) is 0 Å². The molecule has 0 aliphatic rings. The molecule has 0 aromatic rings. The van der Waals surface area contributed by atoms with Crippen molar-refractivity contribution in [3.63, 3.8) is 0 Å². The number of unbranched alkanes of at least 4 members (excludes halogenated alkanes) is 9. The van der Waals surface area contributed by atoms with E-state index in [9.17, 15) is 4.79 Å². The second kappa shape index (κ2) is 16.6. The molecule has 22 heavy (non-hydrogen) atoms. The largest absolute Gasteiger partial charge is 0.481 e. The van der Waals surface area contributed by atoms with E-state index in [1.807, 2.05) is 0 Å². The van der Waals surface area contributed by atoms with Crippen LogP contribution in [0.3, 0.4) is 0 Å². The smallest absolute Gasteiger partial charge is 0.303 e. The summed E-state index contributed by atoms with van der Waals surface area (Å²) in [6.45, 7) is 4.54. The van der Waals surface area contributed by atoms with Crippen LogP contribution in [0.1, 0.15) is 104 Å². The van der Waals surface area contributed by atoms with E-state index in [0.717, 1.165) is 18.8 Å². The topological polar surface area (TPSA) is 37.3 Å². The second-order valence-electron chi connectivity index (χ2n) is 6.50. The number of allylic oxidation sites excluding steroid dienone is 2. The van der Waals surface area contributed by atoms with Crippen molar-refractivity contribution < 1.29 is 9.90 Å². The molecule has 0 rings (SSSR count). The first kappa shape index (κ1) is 21.2. The van der Waals surface area contributed by atoms with Gasteiger partial charge in [-0.3, -0.25) is 4.79 Å². The van der Waals surface area contributed by atoms with Gasteiger partial charge in [-0.2, -0.15) is 0 Å². The third kappa shape index (κ3) is 15.6. The highest BCUT2D eigenvalue weighted by molar-refractivity contribution is 5.66. The molecule has 0 radical (unpaired) electrons. The Bertz CT molecular complexity index is 271. The molecule has 0 spiro atoms. The van der Waals surface area contributed by atoms with Crippen molar-refractivity contribution in [1.29, 1.82) is 0 Å². The summed E-state index contributed by atoms with van der Waals surface area (Å²) >= 11 is 0. The number of carbonyl (C=O) groups is 1. The highest BCUT2D eigenvalue weighted by Crippen LogP contribution is 2.17. The Morgan fingerprint density at radius 1 is 0.909 bits per heavy atom. The summed E-state index contributed by atoms with van der Waals surface area (Å²) in [4.78, 5) is 10.4. The molecule has 130 valence electrons. The molecular weight excluding hydrogens is 272 g/mol. The van der Waals surface area contributed by atoms with Gasteiger partial charge in [-0.1, -0.05) is 77.4 Å². The molecule has 0 fully saturated rings. The van der Waals surface area contributed by atoms with Crippen LogP contribution in [0.5, 0.6) is 0 Å². The molecule has 0 amide bonds. The Balaban J connectivity index is 3.47. The number of carboxylic acid groups (broad SMARTS) is 1. The molecule has 2 heteroatoms. The molecular formula is C20H38O2. The minimum atomic E-state index is -0.661. The third-order valence-electron chi connectivity index (χ3n) is 4.37. The van der Waals surface area contributed by atoms with Crippen LogP contribution in [-0.2, 0) is 4.79 Å². The van der Waals surface area contributed by atoms with Crippen molar-refractivity contribution in [1.82, 2.24) is 0 Å². The fourth-order valence-electron chi connectivity index (χ4n) is 2.80. The minimum absolute atomic E-state index is 0.332. The third-order valence-corrected chi connectivity index (χ3v) is 4.37. The molecule has 0 aliphatic carbocycles. The molecule has 0 bridgehead atoms. The van der Waals surface area contributed by atoms with Crippen molar-refractivity contribution in [2.45, 2.75) is 104 Å². The van der Waals surface area contributed by atoms with E-state index in [1.54, 1.807) is 0 Å². The van der Waals surface area contributed by atoms with Gasteiger partial charge in [-0.05, 0) is 38.0 Å². The van der Waals surface area contributed by atoms with Crippen molar-refractivity contribution in [2.75, 3.05) is 0 Å². The number of hydrogen-bond acceptors (Lipinski definition) is 1. The van der Waals surface area contributed by atoms with E-state index < -0.39 is 5.97 Å². The van der Waals surface area contributed by atoms with E-state index in [1.165, 1.54) is 70.6 Å². The van der Waals surface area contributed by atoms with Crippen LogP contribution in [0.25, 0.3) is 0 Å². The van der Waals surface area contributed by atoms with Crippen LogP contribution in [-0.4, -0.2) is 11.1 Å². The van der Waals surface area contributed by atoms with Gasteiger partial charge in [-0.25, -0.2) is 0 Å². The molecule has 0 aliphatic heterocycles. The number of carboxylic acids is 1. The molecule has 0 saturated carbocycles. The standard InChI is InChI=1S/C20H38O2/c1-3-5-6-7-8-10-13-16-19(4-2)17-14-11-9-12-15-18-20(21)22/h13,16,19H,3-12,14-15,17-18H2,1-2H3,(H,21,22)/b16-13+. The van der Waals surface area contributed by atoms with Crippen LogP contribution < -0.4 is 0 Å². The van der Waals surface area contributed by atoms with E-state index in [4.69, 9.17) is 5.11 Å². The summed E-state index contributed by atoms with van der Waals surface area (Å²) in [5, 5.41) is 8.58. The highest BCUT2D eigenvalue weighted by atomic mass is 16.4. The van der Waals surface area contributed by atoms with E-state index in [2.05, 4.69) is 26.0 Å². The number of aliphatic carboxylic acids is 1. The van der Waals surface area contributed by atoms with Crippen LogP contribution in [0.4, 0.5) is 0 Å². The maximum absolute atomic E-state index is 10.4. The lowest BCUT2D eigenvalue weighted by molar-refractivity contribution is -0.137. The Morgan fingerprint density at radius 3 is 2.23 bits per heavy atom. The first-order chi connectivity index (χ1) is 10.7. The van der Waals surface area contributed by atoms with Gasteiger partial charge in [0.2, 0.25) is 0 Å². The summed E-state index contributed by atoms with van der Waals surface area (Å²) in [6.07, 6.45) is 21.4. The molecule has 0 saturated heterocycles. The fourth-order valence-corrected chi connectivity index (χ4v) is 2.80. The maximum atomic E-state index is 10.4. The van der Waals surface area contributed by atoms with Gasteiger partial charge < -0.3 is 5.11 Å². The monoisotopic (exact) mass is 310 g/mol. The second-order valence-corrected chi connectivity index (χ2v) is 6.50. The van der Waals surface area contributed by atoms with Crippen LogP contribution >= 0.6 is 0 Å². The van der Waals surface area contributed by atoms with Gasteiger partial charge in [0.05, 0.1) is 0 Å². The SMILES string of the molecule is CCCCCCC/C=C/C(CC)CCCCCCCC(=O)O. The number of rotatable bonds is 16. The average molecular weight is 311 g/mol. The molecule has 1 unspecified atom stereocenters. The first-order valence-corrected chi connectivity index (χ1v) is 9.59. The number of hydrogen-bond donors (Lipinski definition) is 1. The lowest BCUT2D eigenvalue weighted by Crippen LogP contribution is -1.95. The highest BCUT2D eigenvalue weighted by Gasteiger charge is 2.02. The maximum Gasteiger partial charge on any atom is 0.303 e. The van der Waals surface area contributed by atoms with E-state index in [0.29, 0.717) is 6.42 Å². The van der Waals surface area contributed by atoms with Crippen molar-refractivity contribution in [3.05, 3.63) is 12.2 Å². The zero-order chi connectivity index (χ0) is 16.5. The quantitative estimate of drug-likeness (QED) is 0.253. The average Bonchev–Trinajstić information content (AvgIpc) is 2.50. The van der Waals surface area contributed by atoms with Crippen LogP contribution in [0, 0.1) is 5.92 Å². The predicted molar refractivity (Wildman–Crippen MR) is 96.3 cm³/mol. The van der Waals surface area contributed by atoms with Gasteiger partial charge in [0, 0.05) is 6.42 Å². The lowest BCUT2D eigenvalue weighted by atomic mass is 9.97. The van der Waals surface area contributed by atoms with Crippen molar-refractivity contribution >= 4 is 5.97 Å². The zero-order valence-electron chi connectivity index (χ0n) is 15.0. The molecule has 0 aromatic carbocycles. The zero-order valence-corrected chi connectivity index (χ0v) is 15.0. The summed E-state index contributed by atoms with van der Waals surface area (Å²) in [7, 11) is 0. The molecule has 2 nitrogen and oxygen atoms in total. The van der Waals surface area contributed by atoms with E-state index >= 15 is 0 Å². The summed E-state index contributed by atoms with van der Waals surface area (Å²) in [5.41, 5.74) is 0. The van der Waals surface area contributed by atoms with Gasteiger partial charge in [0.15, 0.2) is 0 Å². The van der Waals surface area contributed by atoms with Gasteiger partial charge in [0.25, 0.3) is 0 Å². The minimum Gasteiger partial charge on any atom is -0.481 e. The van der Waals surface area contributed by atoms with Crippen LogP contribution in [0.2, 0.25) is 0 Å². The lowest BCUT2D eigenvalue weighted by Gasteiger charge is -2.09. The first-order valence-electron chi connectivity index (χ1n) is 9.59. The fraction of sp³-hybridized carbons (Fsp3) is 0.850. The van der Waals surface area contributed by atoms with Gasteiger partial charge >= 0.3 is 5.97 Å². The molecule has 1 N–H and O–H groups in total. The van der Waals surface area contributed by atoms with Crippen molar-refractivity contribution in [2.24, 2.45) is 5.92 Å². The molecule has 0 aromatic heterocycles. The summed E-state index contributed by atoms with van der Waals surface area (Å²) in [6, 6.07) is 0. The summed E-state index contributed by atoms with van der Waals surface area (Å²) in [5.74, 6) is 0.0838. The Hall–Kier alpha value is -0.790. The Kier molecular flexibility index (Phi) is 16.0. The van der Waals surface area contributed by atoms with Crippen LogP contribution in [0.15, 0.2) is 12.2 Å². The summed E-state index contributed by atoms with van der Waals surface area (Å²) < 4.78 is 0.